The number of methoxy groups -OCH3 is 1. The van der Waals surface area contributed by atoms with Crippen LogP contribution in [-0.2, 0) is 9.53 Å². The van der Waals surface area contributed by atoms with Gasteiger partial charge in [0.25, 0.3) is 5.91 Å². The summed E-state index contributed by atoms with van der Waals surface area (Å²) >= 11 is 0. The second kappa shape index (κ2) is 3.68. The molecule has 3 amide bonds. The lowest BCUT2D eigenvalue weighted by molar-refractivity contribution is -0.122. The number of imide groups is 1. The fourth-order valence-corrected chi connectivity index (χ4v) is 2.37. The average Bonchev–Trinajstić information content (AvgIpc) is 2.61. The number of benzene rings is 1. The molecular weight excluding hydrogens is 232 g/mol. The van der Waals surface area contributed by atoms with Crippen LogP contribution in [0.1, 0.15) is 17.4 Å². The Labute approximate surface area is 104 Å². The molecule has 0 aromatic heterocycles. The summed E-state index contributed by atoms with van der Waals surface area (Å²) in [5.41, 5.74) is 2.17. The van der Waals surface area contributed by atoms with E-state index in [9.17, 15) is 9.59 Å². The highest BCUT2D eigenvalue weighted by molar-refractivity contribution is 6.14. The van der Waals surface area contributed by atoms with Gasteiger partial charge in [0.1, 0.15) is 5.70 Å². The molecular formula is C13H12N2O3. The first kappa shape index (κ1) is 11.0. The molecule has 1 saturated heterocycles. The normalized spacial score (nSPS) is 21.9. The smallest absolute Gasteiger partial charge is 0.333 e. The summed E-state index contributed by atoms with van der Waals surface area (Å²) in [6.07, 6.45) is 1.19. The van der Waals surface area contributed by atoms with Gasteiger partial charge < -0.3 is 4.74 Å². The fraction of sp³-hybridized carbons (Fsp3) is 0.231. The van der Waals surface area contributed by atoms with Crippen molar-refractivity contribution >= 4 is 18.0 Å². The van der Waals surface area contributed by atoms with Gasteiger partial charge in [-0.25, -0.2) is 4.79 Å². The van der Waals surface area contributed by atoms with Crippen LogP contribution < -0.4 is 0 Å². The molecule has 5 heteroatoms. The number of carbonyl (C=O) groups excluding carboxylic acids is 2. The second-order valence-electron chi connectivity index (χ2n) is 4.26. The number of carbonyl (C=O) groups is 2. The lowest BCUT2D eigenvalue weighted by Gasteiger charge is -2.30. The van der Waals surface area contributed by atoms with Crippen molar-refractivity contribution in [3.63, 3.8) is 0 Å². The molecule has 1 fully saturated rings. The van der Waals surface area contributed by atoms with E-state index in [0.717, 1.165) is 16.0 Å². The zero-order valence-corrected chi connectivity index (χ0v) is 10.1. The number of fused-ring (bicyclic) bond motifs is 2. The van der Waals surface area contributed by atoms with Gasteiger partial charge in [0, 0.05) is 19.7 Å². The molecule has 1 unspecified atom stereocenters. The number of rotatable bonds is 1. The molecule has 0 spiro atoms. The third-order valence-corrected chi connectivity index (χ3v) is 3.29. The first-order valence-corrected chi connectivity index (χ1v) is 5.60. The van der Waals surface area contributed by atoms with Gasteiger partial charge in [-0.3, -0.25) is 14.6 Å². The summed E-state index contributed by atoms with van der Waals surface area (Å²) in [4.78, 5) is 26.5. The van der Waals surface area contributed by atoms with E-state index in [4.69, 9.17) is 4.74 Å². The van der Waals surface area contributed by atoms with Crippen LogP contribution in [0.4, 0.5) is 4.79 Å². The minimum atomic E-state index is -0.539. The first-order chi connectivity index (χ1) is 8.65. The molecule has 2 aliphatic heterocycles. The van der Waals surface area contributed by atoms with E-state index in [1.807, 2.05) is 24.3 Å². The maximum atomic E-state index is 12.0. The molecule has 2 aliphatic rings. The standard InChI is InChI=1S/C13H12N2O3/c1-14-11(16)10-7-8-5-3-4-6-9(8)12(18-2)15(10)13(14)17/h3-7,12H,1-2H3. The van der Waals surface area contributed by atoms with Gasteiger partial charge in [-0.1, -0.05) is 24.3 Å². The summed E-state index contributed by atoms with van der Waals surface area (Å²) < 4.78 is 5.38. The zero-order chi connectivity index (χ0) is 12.9. The van der Waals surface area contributed by atoms with E-state index in [2.05, 4.69) is 0 Å². The quantitative estimate of drug-likeness (QED) is 0.705. The van der Waals surface area contributed by atoms with Crippen LogP contribution in [0.5, 0.6) is 0 Å². The average molecular weight is 244 g/mol. The van der Waals surface area contributed by atoms with E-state index in [-0.39, 0.29) is 11.9 Å². The molecule has 0 aliphatic carbocycles. The summed E-state index contributed by atoms with van der Waals surface area (Å²) in [5.74, 6) is -0.295. The molecule has 0 bridgehead atoms. The van der Waals surface area contributed by atoms with Gasteiger partial charge in [0.2, 0.25) is 0 Å². The largest absolute Gasteiger partial charge is 0.357 e. The van der Waals surface area contributed by atoms with Crippen LogP contribution >= 0.6 is 0 Å². The van der Waals surface area contributed by atoms with Crippen LogP contribution in [0.2, 0.25) is 0 Å². The van der Waals surface area contributed by atoms with Gasteiger partial charge >= 0.3 is 6.03 Å². The Morgan fingerprint density at radius 2 is 1.94 bits per heavy atom. The minimum absolute atomic E-state index is 0.295. The van der Waals surface area contributed by atoms with Crippen molar-refractivity contribution < 1.29 is 14.3 Å². The summed E-state index contributed by atoms with van der Waals surface area (Å²) in [6, 6.07) is 7.22. The molecule has 3 rings (SSSR count). The highest BCUT2D eigenvalue weighted by atomic mass is 16.5. The van der Waals surface area contributed by atoms with E-state index in [1.54, 1.807) is 6.08 Å². The SMILES string of the molecule is COC1c2ccccc2C=C2C(=O)N(C)C(=O)N21. The maximum absolute atomic E-state index is 12.0. The second-order valence-corrected chi connectivity index (χ2v) is 4.26. The van der Waals surface area contributed by atoms with E-state index in [1.165, 1.54) is 19.1 Å². The first-order valence-electron chi connectivity index (χ1n) is 5.60. The summed E-state index contributed by atoms with van der Waals surface area (Å²) in [6.45, 7) is 0. The van der Waals surface area contributed by atoms with Crippen molar-refractivity contribution in [2.75, 3.05) is 14.2 Å². The third-order valence-electron chi connectivity index (χ3n) is 3.29. The minimum Gasteiger partial charge on any atom is -0.357 e. The van der Waals surface area contributed by atoms with Gasteiger partial charge in [-0.15, -0.1) is 0 Å². The Hall–Kier alpha value is -2.14. The van der Waals surface area contributed by atoms with Gasteiger partial charge in [0.15, 0.2) is 6.23 Å². The molecule has 0 saturated carbocycles. The van der Waals surface area contributed by atoms with Crippen molar-refractivity contribution in [1.29, 1.82) is 0 Å². The molecule has 2 heterocycles. The molecule has 1 aromatic rings. The van der Waals surface area contributed by atoms with E-state index < -0.39 is 6.23 Å². The van der Waals surface area contributed by atoms with Crippen molar-refractivity contribution in [2.24, 2.45) is 0 Å². The van der Waals surface area contributed by atoms with Gasteiger partial charge in [-0.05, 0) is 11.6 Å². The lowest BCUT2D eigenvalue weighted by Crippen LogP contribution is -2.35. The van der Waals surface area contributed by atoms with Crippen LogP contribution in [0.3, 0.4) is 0 Å². The maximum Gasteiger partial charge on any atom is 0.333 e. The zero-order valence-electron chi connectivity index (χ0n) is 10.1. The van der Waals surface area contributed by atoms with Crippen LogP contribution in [0, 0.1) is 0 Å². The highest BCUT2D eigenvalue weighted by Gasteiger charge is 2.45. The number of urea groups is 1. The number of hydrogen-bond acceptors (Lipinski definition) is 3. The summed E-state index contributed by atoms with van der Waals surface area (Å²) in [5, 5.41) is 0. The lowest BCUT2D eigenvalue weighted by atomic mass is 10.0. The van der Waals surface area contributed by atoms with E-state index >= 15 is 0 Å². The third kappa shape index (κ3) is 1.25. The number of likely N-dealkylation sites (N-methyl/N-ethyl adjacent to an activating group) is 1. The van der Waals surface area contributed by atoms with Crippen LogP contribution in [-0.4, -0.2) is 35.9 Å². The van der Waals surface area contributed by atoms with Crippen LogP contribution in [0.15, 0.2) is 30.0 Å². The molecule has 0 N–H and O–H groups in total. The Bertz CT molecular complexity index is 579. The Kier molecular flexibility index (Phi) is 2.24. The highest BCUT2D eigenvalue weighted by Crippen LogP contribution is 2.38. The number of hydrogen-bond donors (Lipinski definition) is 0. The molecule has 5 nitrogen and oxygen atoms in total. The molecule has 1 aromatic carbocycles. The predicted molar refractivity (Wildman–Crippen MR) is 64.2 cm³/mol. The monoisotopic (exact) mass is 244 g/mol. The van der Waals surface area contributed by atoms with Crippen molar-refractivity contribution in [3.05, 3.63) is 41.1 Å². The molecule has 92 valence electrons. The Morgan fingerprint density at radius 3 is 2.67 bits per heavy atom. The molecule has 18 heavy (non-hydrogen) atoms. The van der Waals surface area contributed by atoms with Crippen LogP contribution in [0.25, 0.3) is 6.08 Å². The van der Waals surface area contributed by atoms with Gasteiger partial charge in [0.05, 0.1) is 0 Å². The van der Waals surface area contributed by atoms with Crippen molar-refractivity contribution in [2.45, 2.75) is 6.23 Å². The number of amides is 3. The van der Waals surface area contributed by atoms with Gasteiger partial charge in [-0.2, -0.15) is 0 Å². The topological polar surface area (TPSA) is 49.9 Å². The fourth-order valence-electron chi connectivity index (χ4n) is 2.37. The Morgan fingerprint density at radius 1 is 1.22 bits per heavy atom. The van der Waals surface area contributed by atoms with Crippen molar-refractivity contribution in [3.8, 4) is 0 Å². The summed E-state index contributed by atoms with van der Waals surface area (Å²) in [7, 11) is 3.00. The predicted octanol–water partition coefficient (Wildman–Crippen LogP) is 1.58. The van der Waals surface area contributed by atoms with E-state index in [0.29, 0.717) is 5.70 Å². The number of ether oxygens (including phenoxy) is 1. The molecule has 0 radical (unpaired) electrons. The molecule has 1 atom stereocenters. The van der Waals surface area contributed by atoms with Crippen molar-refractivity contribution in [1.82, 2.24) is 9.80 Å². The Balaban J connectivity index is 2.21. The number of nitrogens with zero attached hydrogens (tertiary/aromatic N) is 2.